The minimum Gasteiger partial charge on any atom is -0.325 e. The molecule has 4 aliphatic rings. The van der Waals surface area contributed by atoms with Gasteiger partial charge in [-0.1, -0.05) is 54.6 Å². The average molecular weight is 443 g/mol. The quantitative estimate of drug-likeness (QED) is 0.657. The lowest BCUT2D eigenvalue weighted by atomic mass is 9.73. The van der Waals surface area contributed by atoms with E-state index in [4.69, 9.17) is 0 Å². The number of carbonyl (C=O) groups is 1. The summed E-state index contributed by atoms with van der Waals surface area (Å²) in [5.74, 6) is 1.94. The van der Waals surface area contributed by atoms with Crippen molar-refractivity contribution in [3.63, 3.8) is 0 Å². The Bertz CT molecular complexity index is 1080. The number of carbonyl (C=O) groups excluding carboxylic acids is 1. The van der Waals surface area contributed by atoms with Crippen molar-refractivity contribution in [3.05, 3.63) is 71.3 Å². The molecular weight excluding hydrogens is 408 g/mol. The number of benzene rings is 2. The van der Waals surface area contributed by atoms with Crippen LogP contribution in [0.15, 0.2) is 54.6 Å². The van der Waals surface area contributed by atoms with Gasteiger partial charge < -0.3 is 10.2 Å². The molecule has 3 fully saturated rings. The third-order valence-electron chi connectivity index (χ3n) is 8.46. The average Bonchev–Trinajstić information content (AvgIpc) is 3.35. The molecule has 6 atom stereocenters. The smallest absolute Gasteiger partial charge is 0.235 e. The molecule has 1 amide bonds. The minimum atomic E-state index is -0.252. The van der Waals surface area contributed by atoms with Crippen molar-refractivity contribution in [2.24, 2.45) is 17.8 Å². The van der Waals surface area contributed by atoms with Crippen molar-refractivity contribution in [3.8, 4) is 0 Å². The first kappa shape index (κ1) is 21.1. The van der Waals surface area contributed by atoms with Gasteiger partial charge in [-0.3, -0.25) is 15.6 Å². The summed E-state index contributed by atoms with van der Waals surface area (Å²) in [6.07, 6.45) is 9.18. The molecule has 3 N–H and O–H groups in total. The van der Waals surface area contributed by atoms with Gasteiger partial charge in [-0.2, -0.15) is 0 Å². The largest absolute Gasteiger partial charge is 0.325 e. The van der Waals surface area contributed by atoms with Crippen LogP contribution in [0.3, 0.4) is 0 Å². The fourth-order valence-corrected chi connectivity index (χ4v) is 6.77. The van der Waals surface area contributed by atoms with Gasteiger partial charge in [-0.15, -0.1) is 0 Å². The second-order valence-corrected chi connectivity index (χ2v) is 10.8. The molecule has 0 radical (unpaired) electrons. The second kappa shape index (κ2) is 8.08. The van der Waals surface area contributed by atoms with Crippen LogP contribution in [0.25, 0.3) is 6.08 Å². The van der Waals surface area contributed by atoms with Gasteiger partial charge >= 0.3 is 0 Å². The number of para-hydroxylation sites is 1. The molecule has 6 rings (SSSR count). The van der Waals surface area contributed by atoms with Crippen molar-refractivity contribution in [1.82, 2.24) is 15.8 Å². The Morgan fingerprint density at radius 1 is 1.06 bits per heavy atom. The van der Waals surface area contributed by atoms with E-state index in [1.165, 1.54) is 29.5 Å². The molecule has 172 valence electrons. The lowest BCUT2D eigenvalue weighted by Crippen LogP contribution is -2.37. The van der Waals surface area contributed by atoms with Gasteiger partial charge in [0.25, 0.3) is 0 Å². The molecule has 2 aliphatic heterocycles. The topological polar surface area (TPSA) is 56.4 Å². The van der Waals surface area contributed by atoms with Crippen LogP contribution in [-0.2, 0) is 16.8 Å². The predicted octanol–water partition coefficient (Wildman–Crippen LogP) is 3.93. The molecule has 5 heteroatoms. The predicted molar refractivity (Wildman–Crippen MR) is 132 cm³/mol. The highest BCUT2D eigenvalue weighted by Gasteiger charge is 2.67. The fraction of sp³-hybridized carbons (Fsp3) is 0.464. The van der Waals surface area contributed by atoms with Crippen LogP contribution in [0.1, 0.15) is 42.4 Å². The number of hydrogen-bond donors (Lipinski definition) is 3. The zero-order chi connectivity index (χ0) is 22.6. The molecular formula is C28H34N4O. The number of nitrogens with one attached hydrogen (secondary N) is 3. The normalized spacial score (nSPS) is 34.6. The molecule has 2 aromatic carbocycles. The Morgan fingerprint density at radius 3 is 2.70 bits per heavy atom. The van der Waals surface area contributed by atoms with Crippen LogP contribution < -0.4 is 16.2 Å². The first-order valence-corrected chi connectivity index (χ1v) is 12.4. The monoisotopic (exact) mass is 442 g/mol. The lowest BCUT2D eigenvalue weighted by Gasteiger charge is -2.33. The first-order valence-electron chi connectivity index (χ1n) is 12.4. The Hall–Kier alpha value is -2.47. The van der Waals surface area contributed by atoms with E-state index in [2.05, 4.69) is 83.7 Å². The summed E-state index contributed by atoms with van der Waals surface area (Å²) in [5, 5.41) is 3.14. The van der Waals surface area contributed by atoms with Crippen molar-refractivity contribution in [2.45, 2.75) is 49.7 Å². The van der Waals surface area contributed by atoms with Gasteiger partial charge in [-0.05, 0) is 80.3 Å². The van der Waals surface area contributed by atoms with E-state index in [0.717, 1.165) is 25.1 Å². The van der Waals surface area contributed by atoms with Crippen LogP contribution >= 0.6 is 0 Å². The summed E-state index contributed by atoms with van der Waals surface area (Å²) in [7, 11) is 4.20. The van der Waals surface area contributed by atoms with Crippen molar-refractivity contribution >= 4 is 17.7 Å². The number of fused-ring (bicyclic) bond motifs is 3. The lowest BCUT2D eigenvalue weighted by molar-refractivity contribution is -0.118. The van der Waals surface area contributed by atoms with Gasteiger partial charge in [0.15, 0.2) is 0 Å². The number of amides is 1. The summed E-state index contributed by atoms with van der Waals surface area (Å²) in [4.78, 5) is 15.1. The molecule has 33 heavy (non-hydrogen) atoms. The molecule has 2 aliphatic carbocycles. The van der Waals surface area contributed by atoms with E-state index in [1.54, 1.807) is 0 Å². The van der Waals surface area contributed by atoms with Crippen molar-refractivity contribution in [2.75, 3.05) is 19.4 Å². The first-order chi connectivity index (χ1) is 16.0. The fourth-order valence-electron chi connectivity index (χ4n) is 6.77. The molecule has 5 nitrogen and oxygen atoms in total. The number of hydrazine groups is 1. The Balaban J connectivity index is 1.09. The zero-order valence-corrected chi connectivity index (χ0v) is 19.6. The van der Waals surface area contributed by atoms with Crippen LogP contribution in [-0.4, -0.2) is 37.0 Å². The van der Waals surface area contributed by atoms with Gasteiger partial charge in [0.2, 0.25) is 5.91 Å². The van der Waals surface area contributed by atoms with E-state index in [9.17, 15) is 4.79 Å². The molecule has 0 aromatic heterocycles. The van der Waals surface area contributed by atoms with Crippen LogP contribution in [0.2, 0.25) is 0 Å². The summed E-state index contributed by atoms with van der Waals surface area (Å²) in [6, 6.07) is 18.0. The Morgan fingerprint density at radius 2 is 1.88 bits per heavy atom. The molecule has 0 bridgehead atoms. The van der Waals surface area contributed by atoms with Gasteiger partial charge in [0.1, 0.15) is 0 Å². The molecule has 4 unspecified atom stereocenters. The second-order valence-electron chi connectivity index (χ2n) is 10.8. The highest BCUT2D eigenvalue weighted by molar-refractivity contribution is 6.08. The van der Waals surface area contributed by atoms with Crippen LogP contribution in [0.4, 0.5) is 5.69 Å². The van der Waals surface area contributed by atoms with E-state index in [0.29, 0.717) is 29.8 Å². The summed E-state index contributed by atoms with van der Waals surface area (Å²) in [6.45, 7) is 0.971. The molecule has 1 saturated heterocycles. The van der Waals surface area contributed by atoms with Gasteiger partial charge in [0, 0.05) is 24.3 Å². The van der Waals surface area contributed by atoms with E-state index in [1.807, 2.05) is 12.1 Å². The minimum absolute atomic E-state index is 0.228. The van der Waals surface area contributed by atoms with Gasteiger partial charge in [0.05, 0.1) is 5.41 Å². The van der Waals surface area contributed by atoms with Crippen LogP contribution in [0, 0.1) is 17.8 Å². The Kier molecular flexibility index (Phi) is 5.17. The molecule has 2 aromatic rings. The van der Waals surface area contributed by atoms with E-state index in [-0.39, 0.29) is 11.3 Å². The number of rotatable bonds is 5. The van der Waals surface area contributed by atoms with Gasteiger partial charge in [-0.25, -0.2) is 0 Å². The SMILES string of the molecule is CN(C)Cc1ccc(/C=C/C2NNC3CC([C@H]4C[C@]45C(=O)Nc4ccccc45)CCC23)cc1. The van der Waals surface area contributed by atoms with Crippen molar-refractivity contribution in [1.29, 1.82) is 0 Å². The maximum Gasteiger partial charge on any atom is 0.235 e. The third-order valence-corrected chi connectivity index (χ3v) is 8.46. The maximum absolute atomic E-state index is 12.9. The Labute approximate surface area is 196 Å². The summed E-state index contributed by atoms with van der Waals surface area (Å²) >= 11 is 0. The third kappa shape index (κ3) is 3.63. The maximum atomic E-state index is 12.9. The standard InChI is InChI=1S/C28H34N4O/c1-32(2)17-19-9-7-18(8-10-19)11-14-24-21-13-12-20(15-26(21)31-30-24)23-16-28(23)22-5-3-4-6-25(22)29-27(28)33/h3-11,14,20-21,23-24,26,30-31H,12-13,15-17H2,1-2H3,(H,29,33)/b14-11+/t20?,21?,23-,24?,26?,28-/m1/s1. The molecule has 2 heterocycles. The highest BCUT2D eigenvalue weighted by Crippen LogP contribution is 2.64. The summed E-state index contributed by atoms with van der Waals surface area (Å²) in [5.41, 5.74) is 11.7. The van der Waals surface area contributed by atoms with E-state index < -0.39 is 0 Å². The number of hydrogen-bond acceptors (Lipinski definition) is 4. The number of anilines is 1. The molecule has 2 saturated carbocycles. The zero-order valence-electron chi connectivity index (χ0n) is 19.6. The van der Waals surface area contributed by atoms with E-state index >= 15 is 0 Å². The number of nitrogens with zero attached hydrogens (tertiary/aromatic N) is 1. The van der Waals surface area contributed by atoms with Crippen molar-refractivity contribution < 1.29 is 4.79 Å². The summed E-state index contributed by atoms with van der Waals surface area (Å²) < 4.78 is 0. The van der Waals surface area contributed by atoms with Crippen LogP contribution in [0.5, 0.6) is 0 Å². The highest BCUT2D eigenvalue weighted by atomic mass is 16.2. The molecule has 1 spiro atoms.